The number of piperazine rings is 1. The Morgan fingerprint density at radius 1 is 1.22 bits per heavy atom. The Morgan fingerprint density at radius 3 is 2.81 bits per heavy atom. The summed E-state index contributed by atoms with van der Waals surface area (Å²) in [6.45, 7) is 11.0. The minimum Gasteiger partial charge on any atom is -0.379 e. The molecule has 1 aromatic carbocycles. The zero-order chi connectivity index (χ0) is 25.5. The van der Waals surface area contributed by atoms with E-state index in [1.54, 1.807) is 6.07 Å². The number of benzene rings is 1. The number of urea groups is 1. The number of amides is 2. The predicted octanol–water partition coefficient (Wildman–Crippen LogP) is 3.54. The highest BCUT2D eigenvalue weighted by Gasteiger charge is 2.31. The molecule has 0 spiro atoms. The highest BCUT2D eigenvalue weighted by Crippen LogP contribution is 2.38. The molecule has 0 aliphatic carbocycles. The fourth-order valence-corrected chi connectivity index (χ4v) is 6.04. The Balaban J connectivity index is 1.18. The minimum atomic E-state index is -0.394. The molecular weight excluding hydrogens is 473 g/mol. The number of carbonyl (C=O) groups is 1. The number of anilines is 2. The van der Waals surface area contributed by atoms with Crippen molar-refractivity contribution in [2.24, 2.45) is 0 Å². The first-order chi connectivity index (χ1) is 18.0. The van der Waals surface area contributed by atoms with Crippen LogP contribution in [0, 0.1) is 5.82 Å². The van der Waals surface area contributed by atoms with Gasteiger partial charge in [-0.25, -0.2) is 19.2 Å². The van der Waals surface area contributed by atoms with Crippen LogP contribution in [0.1, 0.15) is 32.3 Å². The average Bonchev–Trinajstić information content (AvgIpc) is 2.92. The molecule has 1 N–H and O–H groups in total. The SMILES string of the molecule is CCN1C(=O)Nc2c(F)c(CN3CCN(C4=C(C)N([C@H]5CCCOC5)CC=C4)CC3)cc3ncnc1c23. The summed E-state index contributed by atoms with van der Waals surface area (Å²) < 4.78 is 21.4. The lowest BCUT2D eigenvalue weighted by Crippen LogP contribution is -2.48. The summed E-state index contributed by atoms with van der Waals surface area (Å²) in [5, 5.41) is 3.30. The van der Waals surface area contributed by atoms with Crippen molar-refractivity contribution >= 4 is 28.4 Å². The van der Waals surface area contributed by atoms with Crippen LogP contribution in [0.3, 0.4) is 0 Å². The molecule has 9 nitrogen and oxygen atoms in total. The van der Waals surface area contributed by atoms with Crippen LogP contribution < -0.4 is 10.2 Å². The van der Waals surface area contributed by atoms with Crippen LogP contribution in [-0.2, 0) is 11.3 Å². The van der Waals surface area contributed by atoms with Crippen molar-refractivity contribution in [3.05, 3.63) is 47.3 Å². The molecule has 10 heteroatoms. The molecule has 37 heavy (non-hydrogen) atoms. The maximum absolute atomic E-state index is 15.7. The molecule has 2 amide bonds. The zero-order valence-corrected chi connectivity index (χ0v) is 21.5. The van der Waals surface area contributed by atoms with Crippen molar-refractivity contribution in [3.8, 4) is 0 Å². The second-order valence-corrected chi connectivity index (χ2v) is 10.2. The second-order valence-electron chi connectivity index (χ2n) is 10.2. The van der Waals surface area contributed by atoms with E-state index < -0.39 is 5.82 Å². The van der Waals surface area contributed by atoms with Crippen LogP contribution in [0.15, 0.2) is 35.9 Å². The van der Waals surface area contributed by atoms with Gasteiger partial charge in [0.2, 0.25) is 0 Å². The van der Waals surface area contributed by atoms with Gasteiger partial charge >= 0.3 is 6.03 Å². The first-order valence-corrected chi connectivity index (χ1v) is 13.3. The predicted molar refractivity (Wildman–Crippen MR) is 141 cm³/mol. The van der Waals surface area contributed by atoms with Crippen molar-refractivity contribution in [1.29, 1.82) is 0 Å². The van der Waals surface area contributed by atoms with Crippen LogP contribution in [-0.4, -0.2) is 89.2 Å². The summed E-state index contributed by atoms with van der Waals surface area (Å²) in [4.78, 5) is 29.9. The largest absolute Gasteiger partial charge is 0.379 e. The van der Waals surface area contributed by atoms with E-state index in [0.29, 0.717) is 41.4 Å². The van der Waals surface area contributed by atoms with Crippen molar-refractivity contribution in [3.63, 3.8) is 0 Å². The van der Waals surface area contributed by atoms with Gasteiger partial charge in [-0.2, -0.15) is 0 Å². The zero-order valence-electron chi connectivity index (χ0n) is 21.5. The quantitative estimate of drug-likeness (QED) is 0.663. The molecule has 0 unspecified atom stereocenters. The Bertz CT molecular complexity index is 1270. The van der Waals surface area contributed by atoms with Gasteiger partial charge in [0.05, 0.1) is 34.9 Å². The molecule has 6 rings (SSSR count). The van der Waals surface area contributed by atoms with Gasteiger partial charge in [-0.15, -0.1) is 0 Å². The normalized spacial score (nSPS) is 22.7. The number of nitrogens with zero attached hydrogens (tertiary/aromatic N) is 6. The molecular formula is C27H34FN7O2. The third-order valence-corrected chi connectivity index (χ3v) is 8.03. The lowest BCUT2D eigenvalue weighted by molar-refractivity contribution is 0.0320. The second kappa shape index (κ2) is 9.90. The van der Waals surface area contributed by atoms with E-state index in [4.69, 9.17) is 4.74 Å². The van der Waals surface area contributed by atoms with Gasteiger partial charge in [0.25, 0.3) is 0 Å². The number of halogens is 1. The monoisotopic (exact) mass is 507 g/mol. The number of nitrogens with one attached hydrogen (secondary N) is 1. The summed E-state index contributed by atoms with van der Waals surface area (Å²) >= 11 is 0. The van der Waals surface area contributed by atoms with Crippen LogP contribution in [0.2, 0.25) is 0 Å². The maximum atomic E-state index is 15.7. The molecule has 2 aromatic rings. The van der Waals surface area contributed by atoms with Crippen molar-refractivity contribution in [1.82, 2.24) is 24.7 Å². The van der Waals surface area contributed by atoms with E-state index >= 15 is 4.39 Å². The first-order valence-electron chi connectivity index (χ1n) is 13.3. The Morgan fingerprint density at radius 2 is 2.05 bits per heavy atom. The highest BCUT2D eigenvalue weighted by molar-refractivity contribution is 6.17. The van der Waals surface area contributed by atoms with Crippen molar-refractivity contribution in [2.75, 3.05) is 62.7 Å². The Labute approximate surface area is 216 Å². The van der Waals surface area contributed by atoms with E-state index in [1.165, 1.54) is 29.0 Å². The fraction of sp³-hybridized carbons (Fsp3) is 0.519. The standard InChI is InChI=1S/C27H34FN7O2/c1-3-34-26-23-21(29-17-30-26)14-19(24(28)25(23)31-27(34)36)15-32-9-11-33(12-10-32)22-7-4-8-35(18(22)2)20-6-5-13-37-16-20/h4,7,14,17,20H,3,5-6,8-13,15-16H2,1-2H3,(H,31,36)/t20-/m0/s1. The van der Waals surface area contributed by atoms with Crippen molar-refractivity contribution < 1.29 is 13.9 Å². The van der Waals surface area contributed by atoms with Gasteiger partial charge in [0.15, 0.2) is 5.82 Å². The molecule has 1 aromatic heterocycles. The number of hydrogen-bond acceptors (Lipinski definition) is 7. The summed E-state index contributed by atoms with van der Waals surface area (Å²) in [6.07, 6.45) is 8.24. The smallest absolute Gasteiger partial charge is 0.327 e. The maximum Gasteiger partial charge on any atom is 0.327 e. The molecule has 5 heterocycles. The molecule has 2 fully saturated rings. The third-order valence-electron chi connectivity index (χ3n) is 8.03. The van der Waals surface area contributed by atoms with E-state index in [-0.39, 0.29) is 11.7 Å². The van der Waals surface area contributed by atoms with E-state index in [2.05, 4.69) is 49.1 Å². The number of carbonyl (C=O) groups excluding carboxylic acids is 1. The molecule has 0 saturated carbocycles. The molecule has 4 aliphatic rings. The van der Waals surface area contributed by atoms with Gasteiger partial charge in [-0.05, 0) is 38.8 Å². The minimum absolute atomic E-state index is 0.191. The number of rotatable bonds is 5. The van der Waals surface area contributed by atoms with E-state index in [0.717, 1.165) is 52.4 Å². The lowest BCUT2D eigenvalue weighted by atomic mass is 10.0. The Hall–Kier alpha value is -3.24. The fourth-order valence-electron chi connectivity index (χ4n) is 6.04. The summed E-state index contributed by atoms with van der Waals surface area (Å²) in [5.41, 5.74) is 3.98. The molecule has 196 valence electrons. The molecule has 1 atom stereocenters. The third kappa shape index (κ3) is 4.31. The van der Waals surface area contributed by atoms with Gasteiger partial charge in [-0.1, -0.05) is 6.08 Å². The van der Waals surface area contributed by atoms with E-state index in [9.17, 15) is 4.79 Å². The van der Waals surface area contributed by atoms with E-state index in [1.807, 2.05) is 6.92 Å². The van der Waals surface area contributed by atoms with Crippen LogP contribution in [0.5, 0.6) is 0 Å². The Kier molecular flexibility index (Phi) is 6.46. The highest BCUT2D eigenvalue weighted by atomic mass is 19.1. The first kappa shape index (κ1) is 24.1. The molecule has 0 bridgehead atoms. The van der Waals surface area contributed by atoms with Crippen LogP contribution >= 0.6 is 0 Å². The van der Waals surface area contributed by atoms with Gasteiger partial charge in [0, 0.05) is 63.7 Å². The molecule has 0 radical (unpaired) electrons. The number of hydrogen-bond donors (Lipinski definition) is 1. The summed E-state index contributed by atoms with van der Waals surface area (Å²) in [5.74, 6) is 0.0671. The number of ether oxygens (including phenoxy) is 1. The van der Waals surface area contributed by atoms with Crippen LogP contribution in [0.25, 0.3) is 10.9 Å². The summed E-state index contributed by atoms with van der Waals surface area (Å²) in [7, 11) is 0. The molecule has 2 saturated heterocycles. The summed E-state index contributed by atoms with van der Waals surface area (Å²) in [6, 6.07) is 1.89. The van der Waals surface area contributed by atoms with Crippen molar-refractivity contribution in [2.45, 2.75) is 39.3 Å². The molecule has 4 aliphatic heterocycles. The van der Waals surface area contributed by atoms with Gasteiger partial charge in [0.1, 0.15) is 12.1 Å². The number of aromatic nitrogens is 2. The number of allylic oxidation sites excluding steroid dienone is 2. The average molecular weight is 508 g/mol. The van der Waals surface area contributed by atoms with Gasteiger partial charge in [-0.3, -0.25) is 9.80 Å². The van der Waals surface area contributed by atoms with Crippen LogP contribution in [0.4, 0.5) is 20.7 Å². The van der Waals surface area contributed by atoms with Gasteiger partial charge < -0.3 is 19.9 Å². The lowest BCUT2D eigenvalue weighted by Gasteiger charge is -2.42. The topological polar surface area (TPSA) is 77.1 Å².